The molecule has 0 aliphatic carbocycles. The number of para-hydroxylation sites is 2. The number of aryl methyl sites for hydroxylation is 3. The van der Waals surface area contributed by atoms with Crippen LogP contribution in [0.3, 0.4) is 0 Å². The first-order valence-corrected chi connectivity index (χ1v) is 22.5. The Labute approximate surface area is 366 Å². The Morgan fingerprint density at radius 3 is 1.98 bits per heavy atom. The number of hydrogen-bond donors (Lipinski definition) is 2. The molecule has 61 heavy (non-hydrogen) atoms. The average Bonchev–Trinajstić information content (AvgIpc) is 3.71. The van der Waals surface area contributed by atoms with Gasteiger partial charge >= 0.3 is 0 Å². The van der Waals surface area contributed by atoms with E-state index in [-0.39, 0.29) is 54.7 Å². The molecule has 0 saturated carbocycles. The summed E-state index contributed by atoms with van der Waals surface area (Å²) >= 11 is 1.45. The van der Waals surface area contributed by atoms with Gasteiger partial charge in [-0.1, -0.05) is 12.1 Å². The normalized spacial score (nSPS) is 13.8. The van der Waals surface area contributed by atoms with Gasteiger partial charge in [0.25, 0.3) is 20.2 Å². The van der Waals surface area contributed by atoms with E-state index in [4.69, 9.17) is 0 Å². The third-order valence-corrected chi connectivity index (χ3v) is 12.8. The zero-order valence-corrected chi connectivity index (χ0v) is 36.8. The van der Waals surface area contributed by atoms with Crippen molar-refractivity contribution in [2.75, 3.05) is 43.2 Å². The van der Waals surface area contributed by atoms with Crippen molar-refractivity contribution in [2.45, 2.75) is 40.4 Å². The van der Waals surface area contributed by atoms with Gasteiger partial charge in [0.2, 0.25) is 11.9 Å². The first-order valence-electron chi connectivity index (χ1n) is 18.4. The van der Waals surface area contributed by atoms with Crippen molar-refractivity contribution in [3.05, 3.63) is 76.9 Å². The van der Waals surface area contributed by atoms with Gasteiger partial charge in [0.1, 0.15) is 33.3 Å². The van der Waals surface area contributed by atoms with Crippen molar-refractivity contribution < 1.29 is 42.4 Å². The second kappa shape index (κ2) is 17.7. The van der Waals surface area contributed by atoms with Crippen molar-refractivity contribution in [3.8, 4) is 12.1 Å². The molecule has 22 heteroatoms. The zero-order valence-electron chi connectivity index (χ0n) is 33.4. The Morgan fingerprint density at radius 2 is 1.38 bits per heavy atom. The van der Waals surface area contributed by atoms with Gasteiger partial charge in [-0.15, -0.1) is 32.2 Å². The number of anilines is 2. The van der Waals surface area contributed by atoms with Crippen LogP contribution in [-0.4, -0.2) is 78.5 Å². The summed E-state index contributed by atoms with van der Waals surface area (Å²) in [7, 11) is -1.93. The van der Waals surface area contributed by atoms with Crippen molar-refractivity contribution in [2.24, 2.45) is 34.6 Å². The summed E-state index contributed by atoms with van der Waals surface area (Å²) in [6.07, 6.45) is 4.97. The van der Waals surface area contributed by atoms with Gasteiger partial charge in [-0.3, -0.25) is 9.11 Å². The second-order valence-corrected chi connectivity index (χ2v) is 17.8. The number of nitrogens with zero attached hydrogens (tertiary/aromatic N) is 12. The van der Waals surface area contributed by atoms with Crippen LogP contribution in [0, 0.1) is 22.7 Å². The first-order chi connectivity index (χ1) is 28.5. The van der Waals surface area contributed by atoms with Crippen molar-refractivity contribution >= 4 is 88.7 Å². The van der Waals surface area contributed by atoms with Crippen LogP contribution >= 0.6 is 11.8 Å². The van der Waals surface area contributed by atoms with E-state index < -0.39 is 20.2 Å². The summed E-state index contributed by atoms with van der Waals surface area (Å²) in [6.45, 7) is 1.72. The van der Waals surface area contributed by atoms with E-state index in [2.05, 4.69) is 35.3 Å². The van der Waals surface area contributed by atoms with E-state index in [0.717, 1.165) is 59.5 Å². The van der Waals surface area contributed by atoms with Gasteiger partial charge in [0.05, 0.1) is 38.9 Å². The smallest absolute Gasteiger partial charge is 0.297 e. The van der Waals surface area contributed by atoms with Gasteiger partial charge in [-0.25, -0.2) is 9.97 Å². The van der Waals surface area contributed by atoms with Gasteiger partial charge in [0.15, 0.2) is 0 Å². The molecule has 18 nitrogen and oxygen atoms in total. The van der Waals surface area contributed by atoms with E-state index in [1.807, 2.05) is 42.7 Å². The minimum absolute atomic E-state index is 0. The fourth-order valence-corrected chi connectivity index (χ4v) is 9.61. The van der Waals surface area contributed by atoms with Crippen molar-refractivity contribution in [3.63, 3.8) is 0 Å². The molecule has 4 heterocycles. The number of imidazole rings is 2. The van der Waals surface area contributed by atoms with Crippen LogP contribution in [0.2, 0.25) is 0 Å². The van der Waals surface area contributed by atoms with Crippen LogP contribution in [0.1, 0.15) is 35.1 Å². The molecule has 4 aromatic carbocycles. The van der Waals surface area contributed by atoms with Gasteiger partial charge in [-0.2, -0.15) is 27.4 Å². The Morgan fingerprint density at radius 1 is 0.770 bits per heavy atom. The van der Waals surface area contributed by atoms with Gasteiger partial charge in [-0.05, 0) is 85.5 Å². The van der Waals surface area contributed by atoms with Crippen molar-refractivity contribution in [1.82, 2.24) is 19.1 Å². The van der Waals surface area contributed by atoms with E-state index in [0.29, 0.717) is 34.7 Å². The quantitative estimate of drug-likeness (QED) is 0.0644. The largest absolute Gasteiger partial charge is 0.377 e. The van der Waals surface area contributed by atoms with E-state index in [1.54, 1.807) is 60.4 Å². The number of aromatic nitrogens is 4. The first kappa shape index (κ1) is 44.8. The molecule has 0 fully saturated rings. The topological polar surface area (TPSA) is 248 Å². The average molecular weight is 926 g/mol. The van der Waals surface area contributed by atoms with Crippen LogP contribution in [0.15, 0.2) is 89.7 Å². The number of rotatable bonds is 8. The number of nitriles is 2. The Balaban J connectivity index is 0.000000205. The predicted octanol–water partition coefficient (Wildman–Crippen LogP) is 7.70. The number of thioether (sulfide) groups is 1. The number of azo groups is 2. The molecule has 0 saturated heterocycles. The molecule has 8 rings (SSSR count). The monoisotopic (exact) mass is 924 g/mol. The molecule has 0 spiro atoms. The summed E-state index contributed by atoms with van der Waals surface area (Å²) in [4.78, 5) is 13.0. The van der Waals surface area contributed by atoms with Gasteiger partial charge < -0.3 is 18.9 Å². The van der Waals surface area contributed by atoms with E-state index in [9.17, 15) is 36.5 Å². The van der Waals surface area contributed by atoms with Crippen LogP contribution in [-0.2, 0) is 63.7 Å². The van der Waals surface area contributed by atoms with Crippen LogP contribution in [0.25, 0.3) is 22.1 Å². The Kier molecular flexibility index (Phi) is 13.0. The molecular formula is C39H38N12NiO6S3. The summed E-state index contributed by atoms with van der Waals surface area (Å²) in [5.74, 6) is 0.512. The maximum Gasteiger partial charge on any atom is 0.297 e. The molecule has 2 aliphatic rings. The van der Waals surface area contributed by atoms with Crippen LogP contribution < -0.4 is 9.80 Å². The zero-order chi connectivity index (χ0) is 43.1. The predicted molar refractivity (Wildman–Crippen MR) is 227 cm³/mol. The Bertz CT molecular complexity index is 3090. The second-order valence-electron chi connectivity index (χ2n) is 14.2. The van der Waals surface area contributed by atoms with E-state index >= 15 is 0 Å². The standard InChI is InChI=1S/C22H19N7O3S.C17H19N5O3S2.Ni/c1-28-19-10-15(12-24)14(11-23)9-17(19)25-22(28)27-26-18-8-13-4-2-6-29-7-3-5-16(20(13)29)21(18)33(30,31)32;1-21(2)14-10-16(27(23,24)25)12(9-15(14)26-4)19-20-17-18-11-7-5-6-8-13(11)22(17)3;/h8-10H,2-7H2,1H3,(H,30,31,32);5-10H,1-4H3,(H,23,24,25);. The van der Waals surface area contributed by atoms with Crippen molar-refractivity contribution in [1.29, 1.82) is 10.5 Å². The minimum atomic E-state index is -4.54. The molecule has 2 aromatic heterocycles. The molecule has 0 unspecified atom stereocenters. The summed E-state index contributed by atoms with van der Waals surface area (Å²) in [5, 5.41) is 35.1. The maximum atomic E-state index is 12.4. The molecule has 2 aliphatic heterocycles. The fraction of sp³-hybridized carbons (Fsp3) is 0.282. The van der Waals surface area contributed by atoms with Crippen LogP contribution in [0.5, 0.6) is 0 Å². The Hall–Kier alpha value is -5.74. The van der Waals surface area contributed by atoms with Crippen LogP contribution in [0.4, 0.5) is 34.6 Å². The SMILES string of the molecule is CSc1cc(N=Nc2nc3ccccc3n2C)c(S(=O)(=O)O)cc1N(C)C.Cn1c(N=Nc2cc3c4c(c2S(=O)(=O)O)CCCN4CCC3)nc2cc(C#N)c(C#N)cc21.[Ni]. The molecule has 6 aromatic rings. The summed E-state index contributed by atoms with van der Waals surface area (Å²) < 4.78 is 71.5. The molecule has 0 atom stereocenters. The molecule has 0 amide bonds. The molecule has 318 valence electrons. The molecule has 2 N–H and O–H groups in total. The van der Waals surface area contributed by atoms with E-state index in [1.165, 1.54) is 23.9 Å². The third-order valence-electron chi connectivity index (χ3n) is 10.2. The molecule has 0 bridgehead atoms. The number of fused-ring (bicyclic) bond motifs is 2. The van der Waals surface area contributed by atoms with Gasteiger partial charge in [0, 0.05) is 68.4 Å². The number of hydrogen-bond acceptors (Lipinski definition) is 15. The minimum Gasteiger partial charge on any atom is -0.377 e. The fourth-order valence-electron chi connectivity index (χ4n) is 7.43. The maximum absolute atomic E-state index is 12.4. The molecular weight excluding hydrogens is 887 g/mol. The molecule has 0 radical (unpaired) electrons. The third kappa shape index (κ3) is 8.87. The summed E-state index contributed by atoms with van der Waals surface area (Å²) in [5.41, 5.74) is 6.42. The number of benzene rings is 4. The summed E-state index contributed by atoms with van der Waals surface area (Å²) in [6, 6.07) is 19.2.